The fourth-order valence-electron chi connectivity index (χ4n) is 3.74. The van der Waals surface area contributed by atoms with E-state index in [0.29, 0.717) is 11.3 Å². The highest BCUT2D eigenvalue weighted by Gasteiger charge is 2.54. The SMILES string of the molecule is CCc1ccc(OC)cc1C1CC1(CC)c1ccccc1. The lowest BCUT2D eigenvalue weighted by atomic mass is 9.87. The summed E-state index contributed by atoms with van der Waals surface area (Å²) in [6.07, 6.45) is 3.54. The Bertz CT molecular complexity index is 617. The second kappa shape index (κ2) is 5.55. The normalized spacial score (nSPS) is 23.9. The lowest BCUT2D eigenvalue weighted by Crippen LogP contribution is -2.09. The summed E-state index contributed by atoms with van der Waals surface area (Å²) >= 11 is 0. The lowest BCUT2D eigenvalue weighted by molar-refractivity contribution is 0.414. The second-order valence-electron chi connectivity index (χ2n) is 6.05. The smallest absolute Gasteiger partial charge is 0.119 e. The highest BCUT2D eigenvalue weighted by atomic mass is 16.5. The predicted octanol–water partition coefficient (Wildman–Crippen LogP) is 5.09. The van der Waals surface area contributed by atoms with Crippen LogP contribution in [-0.2, 0) is 11.8 Å². The average molecular weight is 280 g/mol. The van der Waals surface area contributed by atoms with Crippen molar-refractivity contribution < 1.29 is 4.74 Å². The fraction of sp³-hybridized carbons (Fsp3) is 0.400. The molecule has 1 aliphatic carbocycles. The van der Waals surface area contributed by atoms with E-state index in [1.807, 2.05) is 0 Å². The van der Waals surface area contributed by atoms with Gasteiger partial charge in [0.25, 0.3) is 0 Å². The number of hydrogen-bond donors (Lipinski definition) is 0. The Hall–Kier alpha value is -1.76. The number of hydrogen-bond acceptors (Lipinski definition) is 1. The molecule has 1 fully saturated rings. The number of ether oxygens (including phenoxy) is 1. The van der Waals surface area contributed by atoms with Gasteiger partial charge in [0, 0.05) is 5.41 Å². The van der Waals surface area contributed by atoms with Crippen LogP contribution in [0.15, 0.2) is 48.5 Å². The minimum absolute atomic E-state index is 0.331. The van der Waals surface area contributed by atoms with Crippen LogP contribution in [0.5, 0.6) is 5.75 Å². The maximum Gasteiger partial charge on any atom is 0.119 e. The van der Waals surface area contributed by atoms with Crippen molar-refractivity contribution >= 4 is 0 Å². The van der Waals surface area contributed by atoms with Crippen LogP contribution in [0.1, 0.15) is 49.3 Å². The van der Waals surface area contributed by atoms with E-state index in [1.54, 1.807) is 7.11 Å². The molecule has 1 heteroatoms. The summed E-state index contributed by atoms with van der Waals surface area (Å²) in [5.41, 5.74) is 4.77. The van der Waals surface area contributed by atoms with E-state index in [-0.39, 0.29) is 0 Å². The third kappa shape index (κ3) is 2.35. The minimum atomic E-state index is 0.331. The van der Waals surface area contributed by atoms with Gasteiger partial charge in [-0.25, -0.2) is 0 Å². The van der Waals surface area contributed by atoms with Gasteiger partial charge in [0.05, 0.1) is 7.11 Å². The number of benzene rings is 2. The van der Waals surface area contributed by atoms with Gasteiger partial charge in [0.1, 0.15) is 5.75 Å². The first-order valence-corrected chi connectivity index (χ1v) is 7.97. The lowest BCUT2D eigenvalue weighted by Gasteiger charge is -2.18. The molecule has 21 heavy (non-hydrogen) atoms. The molecule has 2 unspecified atom stereocenters. The van der Waals surface area contributed by atoms with Crippen LogP contribution >= 0.6 is 0 Å². The molecule has 0 saturated heterocycles. The Labute approximate surface area is 128 Å². The minimum Gasteiger partial charge on any atom is -0.497 e. The summed E-state index contributed by atoms with van der Waals surface area (Å²) in [5.74, 6) is 1.61. The van der Waals surface area contributed by atoms with E-state index in [9.17, 15) is 0 Å². The molecule has 0 spiro atoms. The molecule has 1 aliphatic rings. The van der Waals surface area contributed by atoms with Crippen LogP contribution in [-0.4, -0.2) is 7.11 Å². The summed E-state index contributed by atoms with van der Waals surface area (Å²) in [5, 5.41) is 0. The van der Waals surface area contributed by atoms with Gasteiger partial charge in [0.15, 0.2) is 0 Å². The Kier molecular flexibility index (Phi) is 3.75. The number of methoxy groups -OCH3 is 1. The molecular weight excluding hydrogens is 256 g/mol. The Morgan fingerprint density at radius 1 is 1.10 bits per heavy atom. The van der Waals surface area contributed by atoms with Crippen molar-refractivity contribution in [2.24, 2.45) is 0 Å². The summed E-state index contributed by atoms with van der Waals surface area (Å²) in [6.45, 7) is 4.56. The zero-order chi connectivity index (χ0) is 14.9. The molecule has 0 amide bonds. The van der Waals surface area contributed by atoms with Crippen LogP contribution in [0.4, 0.5) is 0 Å². The van der Waals surface area contributed by atoms with Gasteiger partial charge in [-0.05, 0) is 54.0 Å². The van der Waals surface area contributed by atoms with E-state index < -0.39 is 0 Å². The molecular formula is C20H24O. The van der Waals surface area contributed by atoms with Gasteiger partial charge < -0.3 is 4.74 Å². The van der Waals surface area contributed by atoms with E-state index >= 15 is 0 Å². The molecule has 3 rings (SSSR count). The molecule has 2 aromatic carbocycles. The molecule has 0 aromatic heterocycles. The average Bonchev–Trinajstić information content (AvgIpc) is 3.31. The van der Waals surface area contributed by atoms with Gasteiger partial charge in [-0.3, -0.25) is 0 Å². The quantitative estimate of drug-likeness (QED) is 0.741. The fourth-order valence-corrected chi connectivity index (χ4v) is 3.74. The first kappa shape index (κ1) is 14.2. The molecule has 1 nitrogen and oxygen atoms in total. The van der Waals surface area contributed by atoms with E-state index in [4.69, 9.17) is 4.74 Å². The van der Waals surface area contributed by atoms with Crippen LogP contribution in [0.2, 0.25) is 0 Å². The standard InChI is InChI=1S/C20H24O/c1-4-15-11-12-17(21-3)13-18(15)19-14-20(19,5-2)16-9-7-6-8-10-16/h6-13,19H,4-5,14H2,1-3H3. The molecule has 0 heterocycles. The third-order valence-corrected chi connectivity index (χ3v) is 5.16. The maximum absolute atomic E-state index is 5.44. The largest absolute Gasteiger partial charge is 0.497 e. The molecule has 0 bridgehead atoms. The van der Waals surface area contributed by atoms with Crippen molar-refractivity contribution in [1.29, 1.82) is 0 Å². The van der Waals surface area contributed by atoms with Gasteiger partial charge in [-0.1, -0.05) is 50.2 Å². The summed E-state index contributed by atoms with van der Waals surface area (Å²) < 4.78 is 5.44. The first-order chi connectivity index (χ1) is 10.2. The molecule has 2 atom stereocenters. The maximum atomic E-state index is 5.44. The first-order valence-electron chi connectivity index (χ1n) is 7.97. The van der Waals surface area contributed by atoms with Gasteiger partial charge in [-0.15, -0.1) is 0 Å². The van der Waals surface area contributed by atoms with Gasteiger partial charge in [0.2, 0.25) is 0 Å². The predicted molar refractivity (Wildman–Crippen MR) is 88.1 cm³/mol. The van der Waals surface area contributed by atoms with E-state index in [1.165, 1.54) is 29.5 Å². The molecule has 2 aromatic rings. The highest BCUT2D eigenvalue weighted by molar-refractivity contribution is 5.48. The van der Waals surface area contributed by atoms with Crippen LogP contribution in [0, 0.1) is 0 Å². The zero-order valence-electron chi connectivity index (χ0n) is 13.2. The molecule has 1 saturated carbocycles. The van der Waals surface area contributed by atoms with Crippen molar-refractivity contribution in [3.05, 3.63) is 65.2 Å². The Morgan fingerprint density at radius 3 is 2.48 bits per heavy atom. The molecule has 0 N–H and O–H groups in total. The number of aryl methyl sites for hydroxylation is 1. The Morgan fingerprint density at radius 2 is 1.86 bits per heavy atom. The van der Waals surface area contributed by atoms with Crippen molar-refractivity contribution in [2.45, 2.75) is 44.4 Å². The summed E-state index contributed by atoms with van der Waals surface area (Å²) in [4.78, 5) is 0. The summed E-state index contributed by atoms with van der Waals surface area (Å²) in [6, 6.07) is 17.6. The highest BCUT2D eigenvalue weighted by Crippen LogP contribution is 2.63. The second-order valence-corrected chi connectivity index (χ2v) is 6.05. The summed E-state index contributed by atoms with van der Waals surface area (Å²) in [7, 11) is 1.75. The molecule has 110 valence electrons. The molecule has 0 radical (unpaired) electrons. The van der Waals surface area contributed by atoms with Crippen molar-refractivity contribution in [1.82, 2.24) is 0 Å². The van der Waals surface area contributed by atoms with Crippen molar-refractivity contribution in [3.8, 4) is 5.75 Å². The van der Waals surface area contributed by atoms with Crippen LogP contribution in [0.25, 0.3) is 0 Å². The van der Waals surface area contributed by atoms with Crippen molar-refractivity contribution in [2.75, 3.05) is 7.11 Å². The molecule has 0 aliphatic heterocycles. The monoisotopic (exact) mass is 280 g/mol. The zero-order valence-corrected chi connectivity index (χ0v) is 13.2. The van der Waals surface area contributed by atoms with Gasteiger partial charge >= 0.3 is 0 Å². The topological polar surface area (TPSA) is 9.23 Å². The van der Waals surface area contributed by atoms with E-state index in [0.717, 1.165) is 12.2 Å². The third-order valence-electron chi connectivity index (χ3n) is 5.16. The van der Waals surface area contributed by atoms with Crippen LogP contribution in [0.3, 0.4) is 0 Å². The van der Waals surface area contributed by atoms with Crippen molar-refractivity contribution in [3.63, 3.8) is 0 Å². The van der Waals surface area contributed by atoms with Crippen LogP contribution < -0.4 is 4.74 Å². The van der Waals surface area contributed by atoms with E-state index in [2.05, 4.69) is 62.4 Å². The Balaban J connectivity index is 1.99. The van der Waals surface area contributed by atoms with Gasteiger partial charge in [-0.2, -0.15) is 0 Å². The number of rotatable bonds is 5.